The predicted octanol–water partition coefficient (Wildman–Crippen LogP) is 4.39. The smallest absolute Gasteiger partial charge is 0.262 e. The van der Waals surface area contributed by atoms with Gasteiger partial charge in [0, 0.05) is 11.9 Å². The zero-order chi connectivity index (χ0) is 17.0. The van der Waals surface area contributed by atoms with Gasteiger partial charge in [-0.15, -0.1) is 22.7 Å². The van der Waals surface area contributed by atoms with E-state index in [0.717, 1.165) is 50.9 Å². The number of rotatable bonds is 3. The van der Waals surface area contributed by atoms with Gasteiger partial charge in [-0.1, -0.05) is 23.9 Å². The van der Waals surface area contributed by atoms with Crippen LogP contribution < -0.4 is 5.56 Å². The molecule has 0 unspecified atom stereocenters. The van der Waals surface area contributed by atoms with E-state index < -0.39 is 0 Å². The van der Waals surface area contributed by atoms with E-state index >= 15 is 0 Å². The van der Waals surface area contributed by atoms with Crippen LogP contribution in [0.2, 0.25) is 0 Å². The third kappa shape index (κ3) is 2.53. The average molecular weight is 386 g/mol. The standard InChI is InChI=1S/C18H15N3OS3/c1-21-17(22)15-10-5-4-8-12(10)25-16(15)20-18(21)23-9-14-19-11-6-2-3-7-13(11)24-14/h2-3,6-7H,4-5,8-9H2,1H3. The highest BCUT2D eigenvalue weighted by molar-refractivity contribution is 7.98. The van der Waals surface area contributed by atoms with Crippen LogP contribution in [0.1, 0.15) is 21.9 Å². The molecule has 0 aliphatic heterocycles. The summed E-state index contributed by atoms with van der Waals surface area (Å²) in [6.45, 7) is 0. The highest BCUT2D eigenvalue weighted by Gasteiger charge is 2.22. The minimum Gasteiger partial charge on any atom is -0.290 e. The Morgan fingerprint density at radius 3 is 2.96 bits per heavy atom. The average Bonchev–Trinajstić information content (AvgIpc) is 3.29. The van der Waals surface area contributed by atoms with Gasteiger partial charge in [0.25, 0.3) is 5.56 Å². The van der Waals surface area contributed by atoms with Gasteiger partial charge in [0.1, 0.15) is 9.84 Å². The Balaban J connectivity index is 1.50. The van der Waals surface area contributed by atoms with Crippen molar-refractivity contribution in [3.63, 3.8) is 0 Å². The molecule has 1 aliphatic carbocycles. The van der Waals surface area contributed by atoms with E-state index in [1.807, 2.05) is 25.2 Å². The summed E-state index contributed by atoms with van der Waals surface area (Å²) in [6, 6.07) is 8.17. The first-order chi connectivity index (χ1) is 12.2. The summed E-state index contributed by atoms with van der Waals surface area (Å²) in [5.74, 6) is 0.732. The molecule has 0 fully saturated rings. The number of fused-ring (bicyclic) bond motifs is 4. The maximum atomic E-state index is 12.8. The fourth-order valence-electron chi connectivity index (χ4n) is 3.34. The minimum atomic E-state index is 0.0937. The second kappa shape index (κ2) is 5.93. The van der Waals surface area contributed by atoms with Crippen molar-refractivity contribution in [2.75, 3.05) is 0 Å². The third-order valence-electron chi connectivity index (χ3n) is 4.57. The van der Waals surface area contributed by atoms with E-state index in [-0.39, 0.29) is 5.56 Å². The van der Waals surface area contributed by atoms with Crippen molar-refractivity contribution < 1.29 is 0 Å². The summed E-state index contributed by atoms with van der Waals surface area (Å²) < 4.78 is 2.90. The lowest BCUT2D eigenvalue weighted by Gasteiger charge is -2.06. The molecule has 3 heterocycles. The molecule has 0 saturated heterocycles. The Hall–Kier alpha value is -1.70. The van der Waals surface area contributed by atoms with E-state index in [1.165, 1.54) is 15.1 Å². The van der Waals surface area contributed by atoms with Crippen LogP contribution in [0.5, 0.6) is 0 Å². The SMILES string of the molecule is Cn1c(SCc2nc3ccccc3s2)nc2sc3c(c2c1=O)CCC3. The van der Waals surface area contributed by atoms with Gasteiger partial charge in [-0.05, 0) is 37.0 Å². The molecule has 4 nitrogen and oxygen atoms in total. The number of aryl methyl sites for hydroxylation is 2. The summed E-state index contributed by atoms with van der Waals surface area (Å²) in [5, 5.41) is 2.69. The van der Waals surface area contributed by atoms with Crippen LogP contribution in [-0.2, 0) is 25.6 Å². The molecule has 126 valence electrons. The molecule has 0 N–H and O–H groups in total. The lowest BCUT2D eigenvalue weighted by molar-refractivity contribution is 0.727. The molecule has 25 heavy (non-hydrogen) atoms. The van der Waals surface area contributed by atoms with E-state index in [0.29, 0.717) is 0 Å². The molecule has 0 spiro atoms. The van der Waals surface area contributed by atoms with Crippen molar-refractivity contribution in [3.8, 4) is 0 Å². The molecule has 0 bridgehead atoms. The zero-order valence-corrected chi connectivity index (χ0v) is 16.1. The molecule has 0 atom stereocenters. The molecule has 0 radical (unpaired) electrons. The van der Waals surface area contributed by atoms with Crippen molar-refractivity contribution in [2.45, 2.75) is 30.2 Å². The van der Waals surface area contributed by atoms with E-state index in [2.05, 4.69) is 11.1 Å². The first-order valence-electron chi connectivity index (χ1n) is 8.19. The Bertz CT molecular complexity index is 1140. The number of thioether (sulfide) groups is 1. The van der Waals surface area contributed by atoms with Crippen LogP contribution in [0.3, 0.4) is 0 Å². The van der Waals surface area contributed by atoms with Crippen LogP contribution in [0, 0.1) is 0 Å². The lowest BCUT2D eigenvalue weighted by Crippen LogP contribution is -2.20. The molecule has 0 saturated carbocycles. The van der Waals surface area contributed by atoms with Crippen LogP contribution in [0.4, 0.5) is 0 Å². The minimum absolute atomic E-state index is 0.0937. The fraction of sp³-hybridized carbons (Fsp3) is 0.278. The zero-order valence-electron chi connectivity index (χ0n) is 13.6. The summed E-state index contributed by atoms with van der Waals surface area (Å²) >= 11 is 4.99. The Morgan fingerprint density at radius 1 is 1.20 bits per heavy atom. The number of para-hydroxylation sites is 1. The van der Waals surface area contributed by atoms with Crippen LogP contribution >= 0.6 is 34.4 Å². The van der Waals surface area contributed by atoms with Crippen molar-refractivity contribution in [1.82, 2.24) is 14.5 Å². The van der Waals surface area contributed by atoms with Gasteiger partial charge in [-0.25, -0.2) is 9.97 Å². The van der Waals surface area contributed by atoms with Crippen molar-refractivity contribution in [3.05, 3.63) is 50.1 Å². The third-order valence-corrected chi connectivity index (χ3v) is 8.01. The molecular formula is C18H15N3OS3. The monoisotopic (exact) mass is 385 g/mol. The molecule has 1 aromatic carbocycles. The topological polar surface area (TPSA) is 47.8 Å². The Labute approximate surface area is 156 Å². The maximum Gasteiger partial charge on any atom is 0.262 e. The highest BCUT2D eigenvalue weighted by Crippen LogP contribution is 2.36. The normalized spacial score (nSPS) is 13.8. The largest absolute Gasteiger partial charge is 0.290 e. The number of thiophene rings is 1. The highest BCUT2D eigenvalue weighted by atomic mass is 32.2. The van der Waals surface area contributed by atoms with Crippen LogP contribution in [0.25, 0.3) is 20.4 Å². The molecule has 4 aromatic rings. The summed E-state index contributed by atoms with van der Waals surface area (Å²) in [7, 11) is 1.83. The van der Waals surface area contributed by atoms with Gasteiger partial charge in [0.15, 0.2) is 5.16 Å². The molecule has 1 aliphatic rings. The molecular weight excluding hydrogens is 370 g/mol. The summed E-state index contributed by atoms with van der Waals surface area (Å²) in [5.41, 5.74) is 2.38. The van der Waals surface area contributed by atoms with Gasteiger partial charge in [-0.2, -0.15) is 0 Å². The van der Waals surface area contributed by atoms with Gasteiger partial charge in [0.2, 0.25) is 0 Å². The van der Waals surface area contributed by atoms with Gasteiger partial charge >= 0.3 is 0 Å². The molecule has 7 heteroatoms. The number of hydrogen-bond donors (Lipinski definition) is 0. The number of benzene rings is 1. The molecule has 3 aromatic heterocycles. The first-order valence-corrected chi connectivity index (χ1v) is 10.8. The van der Waals surface area contributed by atoms with E-state index in [9.17, 15) is 4.79 Å². The lowest BCUT2D eigenvalue weighted by atomic mass is 10.2. The maximum absolute atomic E-state index is 12.8. The molecule has 0 amide bonds. The van der Waals surface area contributed by atoms with Crippen LogP contribution in [-0.4, -0.2) is 14.5 Å². The number of nitrogens with zero attached hydrogens (tertiary/aromatic N) is 3. The summed E-state index contributed by atoms with van der Waals surface area (Å²) in [6.07, 6.45) is 3.27. The molecule has 5 rings (SSSR count). The van der Waals surface area contributed by atoms with E-state index in [4.69, 9.17) is 4.98 Å². The Kier molecular flexibility index (Phi) is 3.69. The van der Waals surface area contributed by atoms with Gasteiger partial charge < -0.3 is 0 Å². The summed E-state index contributed by atoms with van der Waals surface area (Å²) in [4.78, 5) is 24.5. The first kappa shape index (κ1) is 15.5. The van der Waals surface area contributed by atoms with Crippen molar-refractivity contribution >= 4 is 54.9 Å². The van der Waals surface area contributed by atoms with Crippen molar-refractivity contribution in [2.24, 2.45) is 7.05 Å². The second-order valence-electron chi connectivity index (χ2n) is 6.16. The van der Waals surface area contributed by atoms with Crippen molar-refractivity contribution in [1.29, 1.82) is 0 Å². The quantitative estimate of drug-likeness (QED) is 0.388. The Morgan fingerprint density at radius 2 is 2.08 bits per heavy atom. The number of hydrogen-bond acceptors (Lipinski definition) is 6. The fourth-order valence-corrected chi connectivity index (χ4v) is 6.58. The van der Waals surface area contributed by atoms with E-state index in [1.54, 1.807) is 39.0 Å². The second-order valence-corrected chi connectivity index (χ2v) is 9.30. The van der Waals surface area contributed by atoms with Gasteiger partial charge in [-0.3, -0.25) is 9.36 Å². The number of thiazole rings is 1. The van der Waals surface area contributed by atoms with Crippen LogP contribution in [0.15, 0.2) is 34.2 Å². The number of aromatic nitrogens is 3. The van der Waals surface area contributed by atoms with Gasteiger partial charge in [0.05, 0.1) is 21.4 Å². The predicted molar refractivity (Wildman–Crippen MR) is 106 cm³/mol.